The van der Waals surface area contributed by atoms with E-state index in [0.717, 1.165) is 0 Å². The number of hydrogen-bond acceptors (Lipinski definition) is 7. The van der Waals surface area contributed by atoms with Crippen LogP contribution in [0.3, 0.4) is 0 Å². The summed E-state index contributed by atoms with van der Waals surface area (Å²) in [5.74, 6) is -1.13. The van der Waals surface area contributed by atoms with E-state index in [1.807, 2.05) is 20.8 Å². The van der Waals surface area contributed by atoms with Crippen molar-refractivity contribution in [2.45, 2.75) is 32.9 Å². The molecular weight excluding hydrogens is 546 g/mol. The van der Waals surface area contributed by atoms with E-state index in [0.29, 0.717) is 22.4 Å². The third-order valence-corrected chi connectivity index (χ3v) is 7.09. The molecular formula is C30H30ClN5O5. The lowest BCUT2D eigenvalue weighted by atomic mass is 9.95. The summed E-state index contributed by atoms with van der Waals surface area (Å²) in [6.45, 7) is 5.46. The molecule has 2 aromatic heterocycles. The van der Waals surface area contributed by atoms with Crippen molar-refractivity contribution in [1.82, 2.24) is 19.7 Å². The van der Waals surface area contributed by atoms with Gasteiger partial charge >= 0.3 is 0 Å². The van der Waals surface area contributed by atoms with Gasteiger partial charge in [0, 0.05) is 64.4 Å². The van der Waals surface area contributed by atoms with Crippen molar-refractivity contribution < 1.29 is 32.0 Å². The number of rotatable bonds is 6. The molecule has 0 atom stereocenters. The zero-order chi connectivity index (χ0) is 34.6. The molecule has 5 rings (SSSR count). The minimum atomic E-state index is -2.85. The predicted molar refractivity (Wildman–Crippen MR) is 155 cm³/mol. The summed E-state index contributed by atoms with van der Waals surface area (Å²) in [6, 6.07) is 8.66. The first-order chi connectivity index (χ1) is 21.7. The van der Waals surface area contributed by atoms with E-state index in [9.17, 15) is 9.59 Å². The van der Waals surface area contributed by atoms with Gasteiger partial charge in [0.15, 0.2) is 5.69 Å². The number of halogens is 1. The van der Waals surface area contributed by atoms with E-state index in [1.54, 1.807) is 13.1 Å². The first-order valence-electron chi connectivity index (χ1n) is 15.4. The first kappa shape index (κ1) is 21.2. The van der Waals surface area contributed by atoms with Crippen LogP contribution in [0, 0.1) is 0 Å². The van der Waals surface area contributed by atoms with Gasteiger partial charge in [-0.2, -0.15) is 5.10 Å². The van der Waals surface area contributed by atoms with E-state index in [2.05, 4.69) is 4.98 Å². The molecule has 4 aromatic rings. The van der Waals surface area contributed by atoms with E-state index in [4.69, 9.17) is 44.9 Å². The number of benzene rings is 2. The number of amides is 2. The van der Waals surface area contributed by atoms with Crippen LogP contribution in [-0.2, 0) is 6.61 Å². The number of pyridine rings is 1. The molecule has 0 spiro atoms. The topological polar surface area (TPSA) is 122 Å². The molecule has 41 heavy (non-hydrogen) atoms. The number of carbonyl (C=O) groups excluding carboxylic acids is 2. The number of methoxy groups -OCH3 is 2. The highest BCUT2D eigenvalue weighted by Gasteiger charge is 2.35. The summed E-state index contributed by atoms with van der Waals surface area (Å²) >= 11 is 6.40. The maximum atomic E-state index is 13.9. The molecule has 2 amide bonds. The minimum absolute atomic E-state index is 0.0584. The standard InChI is InChI=1S/C30H30ClN5O5/c1-30(2,3)35(4)29(38)26-23-15-41-25-12-24(40-6)21(16-7-17(28(32)37)14-33-13-16)11-22(25)27(23)36(34-26)19-8-18(31)9-20(10-19)39-5/h7-14H,15H2,1-6H3,(H2,32,37)/i5D3,6D3. The largest absolute Gasteiger partial charge is 0.497 e. The van der Waals surface area contributed by atoms with Gasteiger partial charge in [-0.3, -0.25) is 14.6 Å². The fourth-order valence-corrected chi connectivity index (χ4v) is 4.68. The molecule has 0 aliphatic carbocycles. The maximum Gasteiger partial charge on any atom is 0.274 e. The third kappa shape index (κ3) is 5.06. The Balaban J connectivity index is 1.81. The van der Waals surface area contributed by atoms with Crippen molar-refractivity contribution in [2.75, 3.05) is 21.1 Å². The number of primary amides is 1. The highest BCUT2D eigenvalue weighted by Crippen LogP contribution is 2.46. The lowest BCUT2D eigenvalue weighted by Gasteiger charge is -2.31. The predicted octanol–water partition coefficient (Wildman–Crippen LogP) is 5.13. The average molecular weight is 582 g/mol. The lowest BCUT2D eigenvalue weighted by molar-refractivity contribution is 0.0646. The second kappa shape index (κ2) is 10.4. The summed E-state index contributed by atoms with van der Waals surface area (Å²) in [5.41, 5.74) is 6.97. The number of nitrogens with zero attached hydrogens (tertiary/aromatic N) is 4. The number of fused-ring (bicyclic) bond motifs is 3. The zero-order valence-electron chi connectivity index (χ0n) is 28.6. The number of hydrogen-bond donors (Lipinski definition) is 1. The Morgan fingerprint density at radius 3 is 2.59 bits per heavy atom. The van der Waals surface area contributed by atoms with Crippen LogP contribution >= 0.6 is 11.6 Å². The lowest BCUT2D eigenvalue weighted by Crippen LogP contribution is -2.43. The van der Waals surface area contributed by atoms with Gasteiger partial charge in [0.25, 0.3) is 5.91 Å². The molecule has 3 heterocycles. The van der Waals surface area contributed by atoms with Gasteiger partial charge in [-0.1, -0.05) is 11.6 Å². The number of nitrogens with two attached hydrogens (primary N) is 1. The molecule has 2 aromatic carbocycles. The summed E-state index contributed by atoms with van der Waals surface area (Å²) in [7, 11) is -3.98. The second-order valence-corrected chi connectivity index (χ2v) is 10.9. The van der Waals surface area contributed by atoms with Gasteiger partial charge in [0.1, 0.15) is 23.9 Å². The van der Waals surface area contributed by atoms with E-state index < -0.39 is 31.4 Å². The van der Waals surface area contributed by atoms with Crippen molar-refractivity contribution in [2.24, 2.45) is 5.73 Å². The molecule has 0 bridgehead atoms. The molecule has 11 heteroatoms. The van der Waals surface area contributed by atoms with E-state index >= 15 is 0 Å². The number of aromatic nitrogens is 3. The van der Waals surface area contributed by atoms with Crippen molar-refractivity contribution in [3.63, 3.8) is 0 Å². The van der Waals surface area contributed by atoms with Crippen molar-refractivity contribution in [3.8, 4) is 45.3 Å². The van der Waals surface area contributed by atoms with Crippen LogP contribution in [0.4, 0.5) is 0 Å². The van der Waals surface area contributed by atoms with Crippen LogP contribution in [0.2, 0.25) is 5.02 Å². The normalized spacial score (nSPS) is 15.0. The fourth-order valence-electron chi connectivity index (χ4n) is 4.46. The highest BCUT2D eigenvalue weighted by molar-refractivity contribution is 6.30. The quantitative estimate of drug-likeness (QED) is 0.335. The average Bonchev–Trinajstić information content (AvgIpc) is 3.33. The van der Waals surface area contributed by atoms with Gasteiger partial charge in [-0.05, 0) is 45.0 Å². The Bertz CT molecular complexity index is 1900. The van der Waals surface area contributed by atoms with Crippen LogP contribution in [0.15, 0.2) is 48.8 Å². The van der Waals surface area contributed by atoms with E-state index in [-0.39, 0.29) is 51.4 Å². The maximum absolute atomic E-state index is 13.9. The van der Waals surface area contributed by atoms with Crippen molar-refractivity contribution in [3.05, 3.63) is 70.6 Å². The van der Waals surface area contributed by atoms with E-state index in [1.165, 1.54) is 52.3 Å². The van der Waals surface area contributed by atoms with Gasteiger partial charge in [0.2, 0.25) is 5.91 Å². The number of carbonyl (C=O) groups is 2. The summed E-state index contributed by atoms with van der Waals surface area (Å²) in [6.07, 6.45) is 2.68. The SMILES string of the molecule is [2H]C([2H])([2H])Oc1cc(Cl)cc(-n2nc(C(=O)N(C)C(C)(C)C)c3c2-c2cc(-c4cncc(C(N)=O)c4)c(OC([2H])([2H])[2H])cc2OC3)c1. The zero-order valence-corrected chi connectivity index (χ0v) is 23.4. The van der Waals surface area contributed by atoms with Crippen molar-refractivity contribution >= 4 is 23.4 Å². The van der Waals surface area contributed by atoms with Crippen LogP contribution in [0.5, 0.6) is 17.2 Å². The minimum Gasteiger partial charge on any atom is -0.497 e. The molecule has 212 valence electrons. The van der Waals surface area contributed by atoms with Gasteiger partial charge in [0.05, 0.1) is 39.2 Å². The van der Waals surface area contributed by atoms with Crippen LogP contribution in [0.1, 0.15) is 55.4 Å². The molecule has 1 aliphatic rings. The van der Waals surface area contributed by atoms with Gasteiger partial charge < -0.3 is 24.8 Å². The summed E-state index contributed by atoms with van der Waals surface area (Å²) in [5, 5.41) is 4.83. The Morgan fingerprint density at radius 2 is 1.88 bits per heavy atom. The molecule has 10 nitrogen and oxygen atoms in total. The Labute approximate surface area is 251 Å². The van der Waals surface area contributed by atoms with Crippen LogP contribution in [0.25, 0.3) is 28.1 Å². The van der Waals surface area contributed by atoms with Crippen molar-refractivity contribution in [1.29, 1.82) is 0 Å². The summed E-state index contributed by atoms with van der Waals surface area (Å²) < 4.78 is 63.9. The first-order valence-corrected chi connectivity index (χ1v) is 12.7. The fraction of sp³-hybridized carbons (Fsp3) is 0.267. The molecule has 2 N–H and O–H groups in total. The van der Waals surface area contributed by atoms with Gasteiger partial charge in [-0.15, -0.1) is 0 Å². The molecule has 0 unspecified atom stereocenters. The smallest absolute Gasteiger partial charge is 0.274 e. The van der Waals surface area contributed by atoms with Crippen LogP contribution < -0.4 is 19.9 Å². The Kier molecular flexibility index (Phi) is 5.40. The Hall–Kier alpha value is -4.57. The second-order valence-electron chi connectivity index (χ2n) is 10.4. The molecule has 0 fully saturated rings. The molecule has 1 aliphatic heterocycles. The molecule has 0 saturated carbocycles. The number of ether oxygens (including phenoxy) is 3. The highest BCUT2D eigenvalue weighted by atomic mass is 35.5. The summed E-state index contributed by atoms with van der Waals surface area (Å²) in [4.78, 5) is 31.5. The Morgan fingerprint density at radius 1 is 1.10 bits per heavy atom. The monoisotopic (exact) mass is 581 g/mol. The van der Waals surface area contributed by atoms with Gasteiger partial charge in [-0.25, -0.2) is 4.68 Å². The molecule has 0 saturated heterocycles. The molecule has 0 radical (unpaired) electrons. The van der Waals surface area contributed by atoms with Crippen LogP contribution in [-0.4, -0.2) is 58.1 Å². The third-order valence-electron chi connectivity index (χ3n) is 6.87.